The molecule has 3 nitrogen and oxygen atoms in total. The molecule has 0 amide bonds. The second-order valence-electron chi connectivity index (χ2n) is 4.67. The monoisotopic (exact) mass is 274 g/mol. The van der Waals surface area contributed by atoms with Crippen LogP contribution in [0.3, 0.4) is 0 Å². The van der Waals surface area contributed by atoms with Crippen LogP contribution in [0.25, 0.3) is 0 Å². The van der Waals surface area contributed by atoms with E-state index in [1.54, 1.807) is 18.5 Å². The number of hydrogen-bond donors (Lipinski definition) is 1. The third-order valence-corrected chi connectivity index (χ3v) is 2.97. The van der Waals surface area contributed by atoms with Crippen molar-refractivity contribution in [2.24, 2.45) is 0 Å². The predicted molar refractivity (Wildman–Crippen MR) is 77.4 cm³/mol. The minimum Gasteiger partial charge on any atom is -0.455 e. The third kappa shape index (κ3) is 3.78. The molecule has 0 aliphatic heterocycles. The molecule has 0 saturated carbocycles. The summed E-state index contributed by atoms with van der Waals surface area (Å²) in [5.41, 5.74) is 1.80. The number of ether oxygens (including phenoxy) is 1. The van der Waals surface area contributed by atoms with Gasteiger partial charge in [-0.2, -0.15) is 0 Å². The van der Waals surface area contributed by atoms with Crippen molar-refractivity contribution in [1.82, 2.24) is 10.3 Å². The quantitative estimate of drug-likeness (QED) is 0.813. The second-order valence-corrected chi connectivity index (χ2v) is 4.67. The zero-order chi connectivity index (χ0) is 14.4. The molecule has 1 heterocycles. The van der Waals surface area contributed by atoms with Crippen LogP contribution in [0, 0.1) is 12.7 Å². The van der Waals surface area contributed by atoms with E-state index in [0.717, 1.165) is 30.6 Å². The Hall–Kier alpha value is -1.94. The first-order chi connectivity index (χ1) is 9.70. The number of pyridine rings is 1. The first-order valence-electron chi connectivity index (χ1n) is 6.78. The first kappa shape index (κ1) is 14.5. The van der Waals surface area contributed by atoms with E-state index >= 15 is 0 Å². The van der Waals surface area contributed by atoms with Crippen molar-refractivity contribution in [2.75, 3.05) is 6.54 Å². The topological polar surface area (TPSA) is 34.2 Å². The van der Waals surface area contributed by atoms with Gasteiger partial charge in [0, 0.05) is 18.3 Å². The van der Waals surface area contributed by atoms with Crippen LogP contribution in [0.4, 0.5) is 4.39 Å². The van der Waals surface area contributed by atoms with E-state index in [1.165, 1.54) is 12.1 Å². The highest BCUT2D eigenvalue weighted by Crippen LogP contribution is 2.27. The molecule has 2 rings (SSSR count). The maximum absolute atomic E-state index is 13.1. The van der Waals surface area contributed by atoms with Crippen LogP contribution in [0.2, 0.25) is 0 Å². The maximum atomic E-state index is 13.1. The fraction of sp³-hybridized carbons (Fsp3) is 0.312. The highest BCUT2D eigenvalue weighted by Gasteiger charge is 2.07. The SMILES string of the molecule is CCCNCc1ccncc1Oc1ccc(F)cc1C. The summed E-state index contributed by atoms with van der Waals surface area (Å²) in [6.07, 6.45) is 4.51. The Bertz CT molecular complexity index is 572. The number of nitrogens with one attached hydrogen (secondary N) is 1. The molecule has 0 aliphatic rings. The van der Waals surface area contributed by atoms with Crippen molar-refractivity contribution in [3.8, 4) is 11.5 Å². The molecule has 1 aromatic carbocycles. The van der Waals surface area contributed by atoms with Gasteiger partial charge in [-0.3, -0.25) is 4.98 Å². The molecular weight excluding hydrogens is 255 g/mol. The summed E-state index contributed by atoms with van der Waals surface area (Å²) in [5, 5.41) is 3.33. The van der Waals surface area contributed by atoms with Gasteiger partial charge in [-0.05, 0) is 49.7 Å². The molecule has 0 unspecified atom stereocenters. The number of hydrogen-bond acceptors (Lipinski definition) is 3. The van der Waals surface area contributed by atoms with Crippen LogP contribution < -0.4 is 10.1 Å². The Labute approximate surface area is 118 Å². The normalized spacial score (nSPS) is 10.6. The highest BCUT2D eigenvalue weighted by molar-refractivity contribution is 5.39. The predicted octanol–water partition coefficient (Wildman–Crippen LogP) is 3.82. The van der Waals surface area contributed by atoms with Crippen LogP contribution in [-0.2, 0) is 6.54 Å². The number of benzene rings is 1. The van der Waals surface area contributed by atoms with Gasteiger partial charge in [-0.25, -0.2) is 4.39 Å². The summed E-state index contributed by atoms with van der Waals surface area (Å²) >= 11 is 0. The van der Waals surface area contributed by atoms with Gasteiger partial charge >= 0.3 is 0 Å². The van der Waals surface area contributed by atoms with E-state index in [-0.39, 0.29) is 5.82 Å². The van der Waals surface area contributed by atoms with Gasteiger partial charge in [0.25, 0.3) is 0 Å². The second kappa shape index (κ2) is 7.01. The van der Waals surface area contributed by atoms with Crippen molar-refractivity contribution in [1.29, 1.82) is 0 Å². The molecular formula is C16H19FN2O. The number of aromatic nitrogens is 1. The third-order valence-electron chi connectivity index (χ3n) is 2.97. The number of aryl methyl sites for hydroxylation is 1. The van der Waals surface area contributed by atoms with Crippen LogP contribution in [-0.4, -0.2) is 11.5 Å². The van der Waals surface area contributed by atoms with Crippen molar-refractivity contribution >= 4 is 0 Å². The molecule has 0 spiro atoms. The van der Waals surface area contributed by atoms with Crippen LogP contribution in [0.15, 0.2) is 36.7 Å². The van der Waals surface area contributed by atoms with E-state index in [2.05, 4.69) is 17.2 Å². The van der Waals surface area contributed by atoms with Gasteiger partial charge in [-0.1, -0.05) is 6.92 Å². The van der Waals surface area contributed by atoms with Crippen molar-refractivity contribution in [2.45, 2.75) is 26.8 Å². The standard InChI is InChI=1S/C16H19FN2O/c1-3-7-18-10-13-6-8-19-11-16(13)20-15-5-4-14(17)9-12(15)2/h4-6,8-9,11,18H,3,7,10H2,1-2H3. The molecule has 0 atom stereocenters. The zero-order valence-electron chi connectivity index (χ0n) is 11.8. The fourth-order valence-electron chi connectivity index (χ4n) is 1.89. The van der Waals surface area contributed by atoms with Gasteiger partial charge in [0.2, 0.25) is 0 Å². The van der Waals surface area contributed by atoms with E-state index in [1.807, 2.05) is 13.0 Å². The lowest BCUT2D eigenvalue weighted by atomic mass is 10.2. The molecule has 0 fully saturated rings. The molecule has 0 bridgehead atoms. The molecule has 0 aliphatic carbocycles. The average molecular weight is 274 g/mol. The smallest absolute Gasteiger partial charge is 0.150 e. The lowest BCUT2D eigenvalue weighted by Crippen LogP contribution is -2.14. The minimum atomic E-state index is -0.258. The van der Waals surface area contributed by atoms with E-state index in [4.69, 9.17) is 4.74 Å². The molecule has 0 saturated heterocycles. The summed E-state index contributed by atoms with van der Waals surface area (Å²) in [6, 6.07) is 6.42. The summed E-state index contributed by atoms with van der Waals surface area (Å²) in [7, 11) is 0. The van der Waals surface area contributed by atoms with E-state index < -0.39 is 0 Å². The largest absolute Gasteiger partial charge is 0.455 e. The zero-order valence-corrected chi connectivity index (χ0v) is 11.8. The van der Waals surface area contributed by atoms with Crippen molar-refractivity contribution < 1.29 is 9.13 Å². The van der Waals surface area contributed by atoms with Gasteiger partial charge in [0.1, 0.15) is 17.3 Å². The number of rotatable bonds is 6. The molecule has 20 heavy (non-hydrogen) atoms. The summed E-state index contributed by atoms with van der Waals surface area (Å²) in [4.78, 5) is 4.09. The van der Waals surface area contributed by atoms with Gasteiger partial charge < -0.3 is 10.1 Å². The number of nitrogens with zero attached hydrogens (tertiary/aromatic N) is 1. The molecule has 1 aromatic heterocycles. The molecule has 2 aromatic rings. The molecule has 0 radical (unpaired) electrons. The maximum Gasteiger partial charge on any atom is 0.150 e. The van der Waals surface area contributed by atoms with Gasteiger partial charge in [0.05, 0.1) is 6.20 Å². The molecule has 4 heteroatoms. The van der Waals surface area contributed by atoms with Crippen molar-refractivity contribution in [3.05, 3.63) is 53.6 Å². The number of halogens is 1. The lowest BCUT2D eigenvalue weighted by Gasteiger charge is -2.12. The Morgan fingerprint density at radius 2 is 2.10 bits per heavy atom. The average Bonchev–Trinajstić information content (AvgIpc) is 2.44. The Morgan fingerprint density at radius 3 is 2.85 bits per heavy atom. The fourth-order valence-corrected chi connectivity index (χ4v) is 1.89. The lowest BCUT2D eigenvalue weighted by molar-refractivity contribution is 0.464. The minimum absolute atomic E-state index is 0.258. The van der Waals surface area contributed by atoms with E-state index in [9.17, 15) is 4.39 Å². The Balaban J connectivity index is 2.16. The van der Waals surface area contributed by atoms with Crippen LogP contribution in [0.5, 0.6) is 11.5 Å². The summed E-state index contributed by atoms with van der Waals surface area (Å²) in [5.74, 6) is 1.09. The van der Waals surface area contributed by atoms with E-state index in [0.29, 0.717) is 11.5 Å². The molecule has 1 N–H and O–H groups in total. The Morgan fingerprint density at radius 1 is 1.25 bits per heavy atom. The van der Waals surface area contributed by atoms with Gasteiger partial charge in [-0.15, -0.1) is 0 Å². The summed E-state index contributed by atoms with van der Waals surface area (Å²) < 4.78 is 19.0. The van der Waals surface area contributed by atoms with Crippen LogP contribution in [0.1, 0.15) is 24.5 Å². The summed E-state index contributed by atoms with van der Waals surface area (Å²) in [6.45, 7) is 5.63. The van der Waals surface area contributed by atoms with Crippen molar-refractivity contribution in [3.63, 3.8) is 0 Å². The van der Waals surface area contributed by atoms with Gasteiger partial charge in [0.15, 0.2) is 0 Å². The highest BCUT2D eigenvalue weighted by atomic mass is 19.1. The molecule has 106 valence electrons. The van der Waals surface area contributed by atoms with Crippen LogP contribution >= 0.6 is 0 Å². The Kier molecular flexibility index (Phi) is 5.07. The first-order valence-corrected chi connectivity index (χ1v) is 6.78.